The van der Waals surface area contributed by atoms with Gasteiger partial charge in [-0.2, -0.15) is 8.78 Å². The summed E-state index contributed by atoms with van der Waals surface area (Å²) in [7, 11) is -4.56. The number of sulfone groups is 1. The number of halogens is 2. The van der Waals surface area contributed by atoms with Gasteiger partial charge in [0.25, 0.3) is 0 Å². The first-order chi connectivity index (χ1) is 10.3. The first-order valence-electron chi connectivity index (χ1n) is 6.96. The number of amides is 1. The van der Waals surface area contributed by atoms with Crippen molar-refractivity contribution in [3.05, 3.63) is 24.3 Å². The van der Waals surface area contributed by atoms with Crippen molar-refractivity contribution in [3.63, 3.8) is 0 Å². The van der Waals surface area contributed by atoms with E-state index in [2.05, 4.69) is 0 Å². The lowest BCUT2D eigenvalue weighted by Gasteiger charge is -2.34. The summed E-state index contributed by atoms with van der Waals surface area (Å²) in [6, 6.07) is 5.41. The van der Waals surface area contributed by atoms with Gasteiger partial charge in [-0.25, -0.2) is 8.42 Å². The maximum Gasteiger partial charge on any atom is 0.341 e. The molecule has 1 aliphatic rings. The molecule has 1 aliphatic heterocycles. The van der Waals surface area contributed by atoms with Gasteiger partial charge in [0.1, 0.15) is 0 Å². The van der Waals surface area contributed by atoms with Crippen molar-refractivity contribution in [3.8, 4) is 0 Å². The Bertz CT molecular complexity index is 632. The summed E-state index contributed by atoms with van der Waals surface area (Å²) in [5.74, 6) is -3.60. The van der Waals surface area contributed by atoms with Crippen LogP contribution in [0.1, 0.15) is 19.3 Å². The molecule has 1 aromatic rings. The van der Waals surface area contributed by atoms with Gasteiger partial charge in [0.05, 0.1) is 4.90 Å². The van der Waals surface area contributed by atoms with E-state index in [1.54, 1.807) is 0 Å². The van der Waals surface area contributed by atoms with E-state index in [-0.39, 0.29) is 11.8 Å². The fraction of sp³-hybridized carbons (Fsp3) is 0.500. The summed E-state index contributed by atoms with van der Waals surface area (Å²) in [5.41, 5.74) is 5.96. The van der Waals surface area contributed by atoms with Crippen LogP contribution in [0.2, 0.25) is 0 Å². The number of carbonyl (C=O) groups is 1. The van der Waals surface area contributed by atoms with Crippen molar-refractivity contribution in [2.24, 2.45) is 11.7 Å². The van der Waals surface area contributed by atoms with E-state index in [1.165, 1.54) is 24.3 Å². The van der Waals surface area contributed by atoms with E-state index >= 15 is 0 Å². The van der Waals surface area contributed by atoms with Gasteiger partial charge in [-0.1, -0.05) is 0 Å². The monoisotopic (exact) mass is 332 g/mol. The summed E-state index contributed by atoms with van der Waals surface area (Å²) in [5, 5.41) is 0. The molecule has 122 valence electrons. The van der Waals surface area contributed by atoms with Crippen LogP contribution in [0.25, 0.3) is 0 Å². The van der Waals surface area contributed by atoms with Crippen molar-refractivity contribution in [2.75, 3.05) is 18.0 Å². The second kappa shape index (κ2) is 6.60. The number of piperidine rings is 1. The third-order valence-electron chi connectivity index (χ3n) is 3.77. The average Bonchev–Trinajstić information content (AvgIpc) is 2.47. The number of nitrogens with zero attached hydrogens (tertiary/aromatic N) is 1. The summed E-state index contributed by atoms with van der Waals surface area (Å²) >= 11 is 0. The Morgan fingerprint density at radius 2 is 1.95 bits per heavy atom. The Labute approximate surface area is 128 Å². The zero-order valence-corrected chi connectivity index (χ0v) is 12.7. The van der Waals surface area contributed by atoms with Crippen molar-refractivity contribution in [2.45, 2.75) is 29.9 Å². The van der Waals surface area contributed by atoms with Gasteiger partial charge in [0.2, 0.25) is 15.7 Å². The molecule has 1 fully saturated rings. The SMILES string of the molecule is NC(=O)CC1CCCN(c2ccc(S(=O)(=O)C(F)F)cc2)C1. The number of benzene rings is 1. The summed E-state index contributed by atoms with van der Waals surface area (Å²) in [4.78, 5) is 12.6. The normalized spacial score (nSPS) is 19.4. The van der Waals surface area contributed by atoms with E-state index in [0.29, 0.717) is 13.0 Å². The van der Waals surface area contributed by atoms with Gasteiger partial charge in [-0.05, 0) is 43.0 Å². The molecule has 1 saturated heterocycles. The molecule has 2 rings (SSSR count). The van der Waals surface area contributed by atoms with Crippen LogP contribution in [0.5, 0.6) is 0 Å². The van der Waals surface area contributed by atoms with E-state index in [9.17, 15) is 22.0 Å². The largest absolute Gasteiger partial charge is 0.371 e. The number of hydrogen-bond donors (Lipinski definition) is 1. The molecule has 1 heterocycles. The number of hydrogen-bond acceptors (Lipinski definition) is 4. The molecule has 1 aromatic carbocycles. The average molecular weight is 332 g/mol. The lowest BCUT2D eigenvalue weighted by molar-refractivity contribution is -0.118. The van der Waals surface area contributed by atoms with E-state index < -0.39 is 20.5 Å². The summed E-state index contributed by atoms with van der Waals surface area (Å²) in [6.45, 7) is 1.42. The van der Waals surface area contributed by atoms with Crippen LogP contribution in [-0.4, -0.2) is 33.2 Å². The highest BCUT2D eigenvalue weighted by Crippen LogP contribution is 2.27. The van der Waals surface area contributed by atoms with Crippen LogP contribution in [-0.2, 0) is 14.6 Å². The number of alkyl halides is 2. The molecule has 0 saturated carbocycles. The predicted octanol–water partition coefficient (Wildman–Crippen LogP) is 1.77. The molecule has 0 radical (unpaired) electrons. The zero-order valence-electron chi connectivity index (χ0n) is 11.9. The van der Waals surface area contributed by atoms with Crippen LogP contribution >= 0.6 is 0 Å². The van der Waals surface area contributed by atoms with Gasteiger partial charge < -0.3 is 10.6 Å². The molecule has 0 spiro atoms. The second-order valence-electron chi connectivity index (χ2n) is 5.42. The van der Waals surface area contributed by atoms with E-state index in [1.807, 2.05) is 4.90 Å². The molecule has 0 bridgehead atoms. The standard InChI is InChI=1S/C14H18F2N2O3S/c15-14(16)22(20,21)12-5-3-11(4-6-12)18-7-1-2-10(9-18)8-13(17)19/h3-6,10,14H,1-2,7-9H2,(H2,17,19). The van der Waals surface area contributed by atoms with Crippen LogP contribution in [0.15, 0.2) is 29.2 Å². The highest BCUT2D eigenvalue weighted by molar-refractivity contribution is 7.91. The van der Waals surface area contributed by atoms with Crippen molar-refractivity contribution in [1.29, 1.82) is 0 Å². The second-order valence-corrected chi connectivity index (χ2v) is 7.34. The molecule has 1 amide bonds. The molecule has 1 atom stereocenters. The Hall–Kier alpha value is -1.70. The van der Waals surface area contributed by atoms with E-state index in [0.717, 1.165) is 25.1 Å². The molecule has 1 unspecified atom stereocenters. The van der Waals surface area contributed by atoms with E-state index in [4.69, 9.17) is 5.73 Å². The maximum absolute atomic E-state index is 12.5. The highest BCUT2D eigenvalue weighted by Gasteiger charge is 2.27. The number of carbonyl (C=O) groups excluding carboxylic acids is 1. The lowest BCUT2D eigenvalue weighted by atomic mass is 9.94. The van der Waals surface area contributed by atoms with Crippen molar-refractivity contribution < 1.29 is 22.0 Å². The number of anilines is 1. The highest BCUT2D eigenvalue weighted by atomic mass is 32.2. The van der Waals surface area contributed by atoms with Crippen LogP contribution in [0.3, 0.4) is 0 Å². The number of primary amides is 1. The minimum atomic E-state index is -4.56. The molecular formula is C14H18F2N2O3S. The van der Waals surface area contributed by atoms with Crippen LogP contribution in [0.4, 0.5) is 14.5 Å². The quantitative estimate of drug-likeness (QED) is 0.891. The molecule has 5 nitrogen and oxygen atoms in total. The van der Waals surface area contributed by atoms with Gasteiger partial charge >= 0.3 is 5.76 Å². The third-order valence-corrected chi connectivity index (χ3v) is 5.17. The first kappa shape index (κ1) is 16.7. The summed E-state index contributed by atoms with van der Waals surface area (Å²) < 4.78 is 47.7. The topological polar surface area (TPSA) is 80.5 Å². The van der Waals surface area contributed by atoms with Crippen LogP contribution in [0, 0.1) is 5.92 Å². The maximum atomic E-state index is 12.5. The fourth-order valence-electron chi connectivity index (χ4n) is 2.70. The molecule has 0 aromatic heterocycles. The van der Waals surface area contributed by atoms with Crippen molar-refractivity contribution >= 4 is 21.4 Å². The number of nitrogens with two attached hydrogens (primary N) is 1. The van der Waals surface area contributed by atoms with Gasteiger partial charge in [-0.3, -0.25) is 4.79 Å². The minimum Gasteiger partial charge on any atom is -0.371 e. The molecule has 8 heteroatoms. The predicted molar refractivity (Wildman–Crippen MR) is 78.4 cm³/mol. The lowest BCUT2D eigenvalue weighted by Crippen LogP contribution is -2.37. The van der Waals surface area contributed by atoms with Gasteiger partial charge in [0, 0.05) is 25.2 Å². The molecule has 22 heavy (non-hydrogen) atoms. The molecule has 2 N–H and O–H groups in total. The third kappa shape index (κ3) is 3.73. The van der Waals surface area contributed by atoms with Gasteiger partial charge in [0.15, 0.2) is 0 Å². The van der Waals surface area contributed by atoms with Crippen LogP contribution < -0.4 is 10.6 Å². The number of rotatable bonds is 5. The summed E-state index contributed by atoms with van der Waals surface area (Å²) in [6.07, 6.45) is 2.13. The van der Waals surface area contributed by atoms with Crippen molar-refractivity contribution in [1.82, 2.24) is 0 Å². The minimum absolute atomic E-state index is 0.163. The Balaban J connectivity index is 2.12. The Morgan fingerprint density at radius 3 is 2.50 bits per heavy atom. The fourth-order valence-corrected chi connectivity index (χ4v) is 3.42. The first-order valence-corrected chi connectivity index (χ1v) is 8.50. The smallest absolute Gasteiger partial charge is 0.341 e. The zero-order chi connectivity index (χ0) is 16.3. The Kier molecular flexibility index (Phi) is 5.00. The molecular weight excluding hydrogens is 314 g/mol. The molecule has 0 aliphatic carbocycles. The van der Waals surface area contributed by atoms with Gasteiger partial charge in [-0.15, -0.1) is 0 Å². The Morgan fingerprint density at radius 1 is 1.32 bits per heavy atom.